The Kier molecular flexibility index (Phi) is 3.09. The summed E-state index contributed by atoms with van der Waals surface area (Å²) in [6.07, 6.45) is -0.157. The predicted octanol–water partition coefficient (Wildman–Crippen LogP) is 4.25. The quantitative estimate of drug-likeness (QED) is 0.761. The zero-order valence-corrected chi connectivity index (χ0v) is 11.3. The number of azo groups is 1. The van der Waals surface area contributed by atoms with Crippen LogP contribution in [0.15, 0.2) is 64.8 Å². The lowest BCUT2D eigenvalue weighted by Crippen LogP contribution is -2.26. The molecule has 0 radical (unpaired) electrons. The third-order valence-electron chi connectivity index (χ3n) is 3.11. The number of para-hydroxylation sites is 1. The smallest absolute Gasteiger partial charge is 0.222 e. The molecule has 2 aromatic carbocycles. The Morgan fingerprint density at radius 2 is 1.68 bits per heavy atom. The van der Waals surface area contributed by atoms with E-state index in [1.165, 1.54) is 5.56 Å². The van der Waals surface area contributed by atoms with E-state index >= 15 is 0 Å². The van der Waals surface area contributed by atoms with Crippen LogP contribution >= 0.6 is 12.2 Å². The van der Waals surface area contributed by atoms with Gasteiger partial charge in [0.15, 0.2) is 6.17 Å². The fraction of sp³-hybridized carbons (Fsp3) is 0.133. The molecular formula is C15H13N3S. The number of aryl methyl sites for hydroxylation is 1. The van der Waals surface area contributed by atoms with Crippen molar-refractivity contribution in [3.63, 3.8) is 0 Å². The molecule has 1 aliphatic heterocycles. The van der Waals surface area contributed by atoms with Gasteiger partial charge in [-0.1, -0.05) is 48.0 Å². The molecular weight excluding hydrogens is 254 g/mol. The van der Waals surface area contributed by atoms with E-state index in [2.05, 4.69) is 41.4 Å². The summed E-state index contributed by atoms with van der Waals surface area (Å²) < 4.78 is 0. The van der Waals surface area contributed by atoms with Crippen LogP contribution in [0.25, 0.3) is 0 Å². The average Bonchev–Trinajstić information content (AvgIpc) is 2.82. The first-order valence-electron chi connectivity index (χ1n) is 6.11. The minimum absolute atomic E-state index is 0.157. The lowest BCUT2D eigenvalue weighted by molar-refractivity contribution is 0.765. The van der Waals surface area contributed by atoms with Crippen molar-refractivity contribution in [2.45, 2.75) is 13.1 Å². The molecule has 2 aromatic rings. The van der Waals surface area contributed by atoms with Gasteiger partial charge in [0, 0.05) is 5.69 Å². The van der Waals surface area contributed by atoms with Crippen LogP contribution in [0.1, 0.15) is 17.3 Å². The molecule has 0 saturated carbocycles. The SMILES string of the molecule is Cc1ccc(C2N=NC(=S)N2c2ccccc2)cc1. The molecule has 0 bridgehead atoms. The van der Waals surface area contributed by atoms with Crippen molar-refractivity contribution in [3.05, 3.63) is 65.7 Å². The van der Waals surface area contributed by atoms with Crippen LogP contribution in [0.2, 0.25) is 0 Å². The summed E-state index contributed by atoms with van der Waals surface area (Å²) in [5.41, 5.74) is 3.34. The highest BCUT2D eigenvalue weighted by atomic mass is 32.1. The molecule has 1 unspecified atom stereocenters. The molecule has 0 amide bonds. The molecule has 94 valence electrons. The summed E-state index contributed by atoms with van der Waals surface area (Å²) in [6, 6.07) is 18.3. The van der Waals surface area contributed by atoms with E-state index in [0.717, 1.165) is 11.3 Å². The van der Waals surface area contributed by atoms with Crippen LogP contribution < -0.4 is 4.90 Å². The van der Waals surface area contributed by atoms with Crippen LogP contribution in [0.5, 0.6) is 0 Å². The second-order valence-corrected chi connectivity index (χ2v) is 4.85. The standard InChI is InChI=1S/C15H13N3S/c1-11-7-9-12(10-8-11)14-16-17-15(19)18(14)13-5-3-2-4-6-13/h2-10,14H,1H3. The van der Waals surface area contributed by atoms with Gasteiger partial charge in [-0.15, -0.1) is 5.11 Å². The van der Waals surface area contributed by atoms with Gasteiger partial charge in [-0.05, 0) is 36.8 Å². The summed E-state index contributed by atoms with van der Waals surface area (Å²) in [7, 11) is 0. The van der Waals surface area contributed by atoms with Gasteiger partial charge in [0.2, 0.25) is 5.11 Å². The molecule has 0 spiro atoms. The Labute approximate surface area is 117 Å². The number of anilines is 1. The highest BCUT2D eigenvalue weighted by molar-refractivity contribution is 7.80. The van der Waals surface area contributed by atoms with Crippen molar-refractivity contribution >= 4 is 23.0 Å². The number of thiocarbonyl (C=S) groups is 1. The van der Waals surface area contributed by atoms with Crippen LogP contribution in [-0.4, -0.2) is 5.11 Å². The molecule has 0 saturated heterocycles. The first-order chi connectivity index (χ1) is 9.25. The van der Waals surface area contributed by atoms with Crippen LogP contribution in [-0.2, 0) is 0 Å². The normalized spacial score (nSPS) is 18.1. The Balaban J connectivity index is 1.99. The maximum atomic E-state index is 5.29. The fourth-order valence-corrected chi connectivity index (χ4v) is 2.36. The van der Waals surface area contributed by atoms with Gasteiger partial charge in [-0.3, -0.25) is 4.90 Å². The summed E-state index contributed by atoms with van der Waals surface area (Å²) in [5.74, 6) is 0. The molecule has 0 fully saturated rings. The molecule has 1 aliphatic rings. The summed E-state index contributed by atoms with van der Waals surface area (Å²) in [6.45, 7) is 2.07. The molecule has 19 heavy (non-hydrogen) atoms. The average molecular weight is 267 g/mol. The number of nitrogens with zero attached hydrogens (tertiary/aromatic N) is 3. The molecule has 3 nitrogen and oxygen atoms in total. The van der Waals surface area contributed by atoms with Crippen LogP contribution in [0.3, 0.4) is 0 Å². The van der Waals surface area contributed by atoms with E-state index in [4.69, 9.17) is 12.2 Å². The molecule has 4 heteroatoms. The van der Waals surface area contributed by atoms with Crippen LogP contribution in [0.4, 0.5) is 5.69 Å². The molecule has 1 heterocycles. The Hall–Kier alpha value is -2.07. The van der Waals surface area contributed by atoms with E-state index in [9.17, 15) is 0 Å². The van der Waals surface area contributed by atoms with E-state index in [1.807, 2.05) is 35.2 Å². The number of benzene rings is 2. The van der Waals surface area contributed by atoms with Crippen LogP contribution in [0, 0.1) is 6.92 Å². The van der Waals surface area contributed by atoms with Gasteiger partial charge in [0.05, 0.1) is 0 Å². The van der Waals surface area contributed by atoms with Gasteiger partial charge in [0.1, 0.15) is 0 Å². The Morgan fingerprint density at radius 3 is 2.37 bits per heavy atom. The minimum Gasteiger partial charge on any atom is -0.287 e. The van der Waals surface area contributed by atoms with E-state index < -0.39 is 0 Å². The van der Waals surface area contributed by atoms with Crippen molar-refractivity contribution < 1.29 is 0 Å². The van der Waals surface area contributed by atoms with Gasteiger partial charge >= 0.3 is 0 Å². The Morgan fingerprint density at radius 1 is 1.00 bits per heavy atom. The maximum Gasteiger partial charge on any atom is 0.222 e. The van der Waals surface area contributed by atoms with Crippen molar-refractivity contribution in [1.82, 2.24) is 0 Å². The van der Waals surface area contributed by atoms with Gasteiger partial charge in [0.25, 0.3) is 0 Å². The fourth-order valence-electron chi connectivity index (χ4n) is 2.10. The second-order valence-electron chi connectivity index (χ2n) is 4.49. The highest BCUT2D eigenvalue weighted by Gasteiger charge is 2.28. The monoisotopic (exact) mass is 267 g/mol. The van der Waals surface area contributed by atoms with Crippen molar-refractivity contribution in [3.8, 4) is 0 Å². The van der Waals surface area contributed by atoms with Crippen molar-refractivity contribution in [2.24, 2.45) is 10.2 Å². The topological polar surface area (TPSA) is 28.0 Å². The third kappa shape index (κ3) is 2.27. The maximum absolute atomic E-state index is 5.29. The second kappa shape index (κ2) is 4.90. The first kappa shape index (κ1) is 12.0. The summed E-state index contributed by atoms with van der Waals surface area (Å²) >= 11 is 5.29. The summed E-state index contributed by atoms with van der Waals surface area (Å²) in [4.78, 5) is 1.97. The zero-order valence-electron chi connectivity index (χ0n) is 10.5. The highest BCUT2D eigenvalue weighted by Crippen LogP contribution is 2.33. The third-order valence-corrected chi connectivity index (χ3v) is 3.39. The Bertz CT molecular complexity index is 620. The molecule has 0 aromatic heterocycles. The molecule has 3 rings (SSSR count). The van der Waals surface area contributed by atoms with Gasteiger partial charge < -0.3 is 0 Å². The lowest BCUT2D eigenvalue weighted by Gasteiger charge is -2.23. The number of rotatable bonds is 2. The molecule has 1 atom stereocenters. The zero-order chi connectivity index (χ0) is 13.2. The lowest BCUT2D eigenvalue weighted by atomic mass is 10.1. The van der Waals surface area contributed by atoms with E-state index in [-0.39, 0.29) is 6.17 Å². The van der Waals surface area contributed by atoms with Gasteiger partial charge in [-0.2, -0.15) is 5.11 Å². The van der Waals surface area contributed by atoms with Crippen molar-refractivity contribution in [2.75, 3.05) is 4.90 Å². The largest absolute Gasteiger partial charge is 0.287 e. The van der Waals surface area contributed by atoms with Gasteiger partial charge in [-0.25, -0.2) is 0 Å². The number of hydrogen-bond donors (Lipinski definition) is 0. The number of hydrogen-bond acceptors (Lipinski definition) is 2. The predicted molar refractivity (Wildman–Crippen MR) is 80.3 cm³/mol. The van der Waals surface area contributed by atoms with Crippen molar-refractivity contribution in [1.29, 1.82) is 0 Å². The minimum atomic E-state index is -0.157. The molecule has 0 aliphatic carbocycles. The van der Waals surface area contributed by atoms with E-state index in [0.29, 0.717) is 5.11 Å². The first-order valence-corrected chi connectivity index (χ1v) is 6.52. The molecule has 0 N–H and O–H groups in total. The van der Waals surface area contributed by atoms with E-state index in [1.54, 1.807) is 0 Å². The summed E-state index contributed by atoms with van der Waals surface area (Å²) in [5, 5.41) is 8.85.